The van der Waals surface area contributed by atoms with Crippen LogP contribution >= 0.6 is 11.8 Å². The number of hydrogen-bond donors (Lipinski definition) is 4. The molecule has 0 spiro atoms. The van der Waals surface area contributed by atoms with Gasteiger partial charge in [-0.3, -0.25) is 14.4 Å². The summed E-state index contributed by atoms with van der Waals surface area (Å²) >= 11 is 1.54. The Morgan fingerprint density at radius 2 is 1.86 bits per heavy atom. The summed E-state index contributed by atoms with van der Waals surface area (Å²) in [5.74, 6) is -1.87. The zero-order valence-electron chi connectivity index (χ0n) is 17.6. The van der Waals surface area contributed by atoms with Crippen LogP contribution in [-0.2, 0) is 19.2 Å². The summed E-state index contributed by atoms with van der Waals surface area (Å²) in [6, 6.07) is -3.28. The Kier molecular flexibility index (Phi) is 10.5. The van der Waals surface area contributed by atoms with E-state index in [1.807, 2.05) is 20.1 Å². The smallest absolute Gasteiger partial charge is 0.326 e. The molecule has 5 N–H and O–H groups in total. The highest BCUT2D eigenvalue weighted by molar-refractivity contribution is 7.98. The van der Waals surface area contributed by atoms with Gasteiger partial charge in [-0.2, -0.15) is 11.8 Å². The topological polar surface area (TPSA) is 142 Å². The van der Waals surface area contributed by atoms with E-state index in [9.17, 15) is 24.3 Å². The molecule has 1 aliphatic rings. The molecule has 1 saturated heterocycles. The molecule has 3 amide bonds. The summed E-state index contributed by atoms with van der Waals surface area (Å²) in [4.78, 5) is 50.8. The van der Waals surface area contributed by atoms with Crippen molar-refractivity contribution in [1.82, 2.24) is 15.5 Å². The second-order valence-electron chi connectivity index (χ2n) is 7.53. The standard InChI is InChI=1S/C19H34N4O5S/c1-5-11(2)15(18(26)23-9-6-7-14(23)19(27)28)22-17(25)13(8-10-29-4)21-16(24)12(3)20/h11-15H,5-10,20H2,1-4H3,(H,21,24)(H,22,25)(H,27,28). The number of thioether (sulfide) groups is 1. The van der Waals surface area contributed by atoms with Crippen LogP contribution in [0.25, 0.3) is 0 Å². The van der Waals surface area contributed by atoms with Crippen LogP contribution in [0.2, 0.25) is 0 Å². The molecule has 0 bridgehead atoms. The summed E-state index contributed by atoms with van der Waals surface area (Å²) in [5, 5.41) is 14.8. The number of nitrogens with one attached hydrogen (secondary N) is 2. The number of nitrogens with two attached hydrogens (primary N) is 1. The largest absolute Gasteiger partial charge is 0.480 e. The SMILES string of the molecule is CCC(C)C(NC(=O)C(CCSC)NC(=O)C(C)N)C(=O)N1CCCC1C(=O)O. The van der Waals surface area contributed by atoms with Crippen molar-refractivity contribution in [3.63, 3.8) is 0 Å². The maximum atomic E-state index is 13.1. The molecular weight excluding hydrogens is 396 g/mol. The van der Waals surface area contributed by atoms with Crippen LogP contribution in [0.15, 0.2) is 0 Å². The Hall–Kier alpha value is -1.81. The predicted octanol–water partition coefficient (Wildman–Crippen LogP) is 0.178. The van der Waals surface area contributed by atoms with Crippen LogP contribution in [-0.4, -0.2) is 76.4 Å². The van der Waals surface area contributed by atoms with E-state index >= 15 is 0 Å². The highest BCUT2D eigenvalue weighted by Crippen LogP contribution is 2.21. The molecule has 29 heavy (non-hydrogen) atoms. The van der Waals surface area contributed by atoms with Crippen LogP contribution in [0.1, 0.15) is 46.5 Å². The van der Waals surface area contributed by atoms with E-state index in [-0.39, 0.29) is 11.8 Å². The number of aliphatic carboxylic acids is 1. The molecule has 1 heterocycles. The van der Waals surface area contributed by atoms with Gasteiger partial charge in [-0.05, 0) is 44.1 Å². The highest BCUT2D eigenvalue weighted by atomic mass is 32.2. The quantitative estimate of drug-likeness (QED) is 0.366. The molecule has 166 valence electrons. The number of amides is 3. The Bertz CT molecular complexity index is 601. The van der Waals surface area contributed by atoms with E-state index in [4.69, 9.17) is 5.73 Å². The first kappa shape index (κ1) is 25.2. The second-order valence-corrected chi connectivity index (χ2v) is 8.52. The fraction of sp³-hybridized carbons (Fsp3) is 0.789. The average molecular weight is 431 g/mol. The molecule has 0 saturated carbocycles. The van der Waals surface area contributed by atoms with E-state index in [0.717, 1.165) is 0 Å². The van der Waals surface area contributed by atoms with Gasteiger partial charge in [0.25, 0.3) is 0 Å². The molecule has 0 aromatic heterocycles. The zero-order chi connectivity index (χ0) is 22.1. The lowest BCUT2D eigenvalue weighted by Crippen LogP contribution is -2.58. The van der Waals surface area contributed by atoms with Crippen LogP contribution in [0.3, 0.4) is 0 Å². The van der Waals surface area contributed by atoms with Crippen molar-refractivity contribution in [2.24, 2.45) is 11.7 Å². The van der Waals surface area contributed by atoms with Crippen molar-refractivity contribution in [3.8, 4) is 0 Å². The van der Waals surface area contributed by atoms with Gasteiger partial charge >= 0.3 is 5.97 Å². The minimum atomic E-state index is -1.04. The second kappa shape index (κ2) is 12.0. The molecule has 1 aliphatic heterocycles. The molecule has 1 fully saturated rings. The number of likely N-dealkylation sites (tertiary alicyclic amines) is 1. The third kappa shape index (κ3) is 7.18. The van der Waals surface area contributed by atoms with Crippen molar-refractivity contribution in [2.75, 3.05) is 18.6 Å². The fourth-order valence-corrected chi connectivity index (χ4v) is 3.68. The first-order valence-electron chi connectivity index (χ1n) is 10.0. The third-order valence-electron chi connectivity index (χ3n) is 5.25. The van der Waals surface area contributed by atoms with Gasteiger partial charge in [0.05, 0.1) is 6.04 Å². The van der Waals surface area contributed by atoms with Crippen LogP contribution in [0.5, 0.6) is 0 Å². The summed E-state index contributed by atoms with van der Waals surface area (Å²) < 4.78 is 0. The van der Waals surface area contributed by atoms with Crippen molar-refractivity contribution in [3.05, 3.63) is 0 Å². The Labute approximate surface area is 176 Å². The Balaban J connectivity index is 2.98. The molecule has 10 heteroatoms. The summed E-state index contributed by atoms with van der Waals surface area (Å²) in [5.41, 5.74) is 5.59. The summed E-state index contributed by atoms with van der Waals surface area (Å²) in [6.07, 6.45) is 3.94. The predicted molar refractivity (Wildman–Crippen MR) is 112 cm³/mol. The molecule has 5 atom stereocenters. The number of carbonyl (C=O) groups is 4. The zero-order valence-corrected chi connectivity index (χ0v) is 18.5. The van der Waals surface area contributed by atoms with E-state index in [0.29, 0.717) is 38.0 Å². The Morgan fingerprint density at radius 3 is 2.38 bits per heavy atom. The molecule has 9 nitrogen and oxygen atoms in total. The molecule has 0 radical (unpaired) electrons. The van der Waals surface area contributed by atoms with Gasteiger partial charge < -0.3 is 26.4 Å². The van der Waals surface area contributed by atoms with Gasteiger partial charge in [0, 0.05) is 6.54 Å². The highest BCUT2D eigenvalue weighted by Gasteiger charge is 2.39. The van der Waals surface area contributed by atoms with E-state index < -0.39 is 42.0 Å². The minimum Gasteiger partial charge on any atom is -0.480 e. The normalized spacial score (nSPS) is 20.4. The van der Waals surface area contributed by atoms with Gasteiger partial charge in [0.2, 0.25) is 17.7 Å². The van der Waals surface area contributed by atoms with Gasteiger partial charge in [0.15, 0.2) is 0 Å². The molecule has 5 unspecified atom stereocenters. The van der Waals surface area contributed by atoms with Gasteiger partial charge in [-0.25, -0.2) is 4.79 Å². The monoisotopic (exact) mass is 430 g/mol. The van der Waals surface area contributed by atoms with E-state index in [1.165, 1.54) is 23.6 Å². The first-order valence-corrected chi connectivity index (χ1v) is 11.4. The molecule has 0 aliphatic carbocycles. The third-order valence-corrected chi connectivity index (χ3v) is 5.90. The summed E-state index contributed by atoms with van der Waals surface area (Å²) in [6.45, 7) is 5.63. The van der Waals surface area contributed by atoms with Gasteiger partial charge in [-0.1, -0.05) is 20.3 Å². The lowest BCUT2D eigenvalue weighted by atomic mass is 9.96. The van der Waals surface area contributed by atoms with Crippen LogP contribution in [0, 0.1) is 5.92 Å². The number of carbonyl (C=O) groups excluding carboxylic acids is 3. The lowest BCUT2D eigenvalue weighted by molar-refractivity contribution is -0.150. The maximum Gasteiger partial charge on any atom is 0.326 e. The van der Waals surface area contributed by atoms with Crippen molar-refractivity contribution < 1.29 is 24.3 Å². The fourth-order valence-electron chi connectivity index (χ4n) is 3.21. The minimum absolute atomic E-state index is 0.188. The van der Waals surface area contributed by atoms with Gasteiger partial charge in [-0.15, -0.1) is 0 Å². The van der Waals surface area contributed by atoms with Crippen LogP contribution in [0.4, 0.5) is 0 Å². The van der Waals surface area contributed by atoms with E-state index in [1.54, 1.807) is 0 Å². The summed E-state index contributed by atoms with van der Waals surface area (Å²) in [7, 11) is 0. The van der Waals surface area contributed by atoms with Crippen molar-refractivity contribution in [2.45, 2.75) is 70.6 Å². The number of carboxylic acid groups (broad SMARTS) is 1. The number of nitrogens with zero attached hydrogens (tertiary/aromatic N) is 1. The first-order chi connectivity index (χ1) is 13.6. The Morgan fingerprint density at radius 1 is 1.21 bits per heavy atom. The van der Waals surface area contributed by atoms with Crippen molar-refractivity contribution >= 4 is 35.5 Å². The maximum absolute atomic E-state index is 13.1. The molecule has 0 aromatic rings. The van der Waals surface area contributed by atoms with Gasteiger partial charge in [0.1, 0.15) is 18.1 Å². The number of carboxylic acids is 1. The average Bonchev–Trinajstić information content (AvgIpc) is 3.17. The van der Waals surface area contributed by atoms with Crippen LogP contribution < -0.4 is 16.4 Å². The van der Waals surface area contributed by atoms with Crippen molar-refractivity contribution in [1.29, 1.82) is 0 Å². The number of rotatable bonds is 11. The number of hydrogen-bond acceptors (Lipinski definition) is 6. The molecule has 1 rings (SSSR count). The molecular formula is C19H34N4O5S. The van der Waals surface area contributed by atoms with E-state index in [2.05, 4.69) is 10.6 Å². The lowest BCUT2D eigenvalue weighted by Gasteiger charge is -2.31. The molecule has 0 aromatic carbocycles.